The maximum atomic E-state index is 5.83. The van der Waals surface area contributed by atoms with Crippen molar-refractivity contribution in [3.05, 3.63) is 42.5 Å². The lowest BCUT2D eigenvalue weighted by Gasteiger charge is -2.24. The van der Waals surface area contributed by atoms with Crippen LogP contribution in [0, 0.1) is 0 Å². The SMILES string of the molecule is C=CCN(CCOc1ccc(CNC2CC2)cc1)C(C)C. The molecule has 0 radical (unpaired) electrons. The van der Waals surface area contributed by atoms with Gasteiger partial charge in [0.2, 0.25) is 0 Å². The first-order valence-corrected chi connectivity index (χ1v) is 7.99. The summed E-state index contributed by atoms with van der Waals surface area (Å²) in [5.41, 5.74) is 1.32. The van der Waals surface area contributed by atoms with Gasteiger partial charge >= 0.3 is 0 Å². The van der Waals surface area contributed by atoms with Gasteiger partial charge in [0.25, 0.3) is 0 Å². The van der Waals surface area contributed by atoms with E-state index in [0.717, 1.165) is 31.4 Å². The van der Waals surface area contributed by atoms with Crippen LogP contribution < -0.4 is 10.1 Å². The van der Waals surface area contributed by atoms with E-state index in [1.54, 1.807) is 0 Å². The van der Waals surface area contributed by atoms with Crippen LogP contribution in [0.5, 0.6) is 5.75 Å². The summed E-state index contributed by atoms with van der Waals surface area (Å²) in [6.07, 6.45) is 4.61. The quantitative estimate of drug-likeness (QED) is 0.669. The number of benzene rings is 1. The standard InChI is InChI=1S/C18H28N2O/c1-4-11-20(15(2)3)12-13-21-18-9-5-16(6-10-18)14-19-17-7-8-17/h4-6,9-10,15,17,19H,1,7-8,11-14H2,2-3H3. The van der Waals surface area contributed by atoms with Gasteiger partial charge in [0, 0.05) is 31.7 Å². The van der Waals surface area contributed by atoms with Crippen LogP contribution >= 0.6 is 0 Å². The van der Waals surface area contributed by atoms with Gasteiger partial charge in [-0.15, -0.1) is 6.58 Å². The van der Waals surface area contributed by atoms with Crippen molar-refractivity contribution in [3.8, 4) is 5.75 Å². The predicted octanol–water partition coefficient (Wildman–Crippen LogP) is 3.21. The van der Waals surface area contributed by atoms with Gasteiger partial charge in [-0.3, -0.25) is 4.90 Å². The van der Waals surface area contributed by atoms with Gasteiger partial charge in [-0.1, -0.05) is 18.2 Å². The molecule has 0 amide bonds. The Kier molecular flexibility index (Phi) is 6.27. The van der Waals surface area contributed by atoms with Crippen LogP contribution in [0.15, 0.2) is 36.9 Å². The Labute approximate surface area is 129 Å². The predicted molar refractivity (Wildman–Crippen MR) is 88.7 cm³/mol. The number of hydrogen-bond donors (Lipinski definition) is 1. The van der Waals surface area contributed by atoms with Crippen molar-refractivity contribution in [2.24, 2.45) is 0 Å². The Morgan fingerprint density at radius 1 is 1.33 bits per heavy atom. The van der Waals surface area contributed by atoms with Gasteiger partial charge in [-0.2, -0.15) is 0 Å². The van der Waals surface area contributed by atoms with E-state index in [1.807, 2.05) is 6.08 Å². The van der Waals surface area contributed by atoms with Crippen LogP contribution in [0.25, 0.3) is 0 Å². The van der Waals surface area contributed by atoms with E-state index in [-0.39, 0.29) is 0 Å². The molecule has 2 rings (SSSR count). The Hall–Kier alpha value is -1.32. The van der Waals surface area contributed by atoms with E-state index in [9.17, 15) is 0 Å². The second-order valence-electron chi connectivity index (χ2n) is 6.02. The first-order chi connectivity index (χ1) is 10.2. The zero-order chi connectivity index (χ0) is 15.1. The molecule has 3 heteroatoms. The summed E-state index contributed by atoms with van der Waals surface area (Å²) >= 11 is 0. The van der Waals surface area contributed by atoms with Crippen LogP contribution in [0.3, 0.4) is 0 Å². The molecule has 21 heavy (non-hydrogen) atoms. The highest BCUT2D eigenvalue weighted by Gasteiger charge is 2.19. The van der Waals surface area contributed by atoms with Crippen LogP contribution in [-0.4, -0.2) is 36.7 Å². The van der Waals surface area contributed by atoms with Crippen molar-refractivity contribution in [1.29, 1.82) is 0 Å². The lowest BCUT2D eigenvalue weighted by atomic mass is 10.2. The Morgan fingerprint density at radius 2 is 2.05 bits per heavy atom. The molecule has 0 heterocycles. The van der Waals surface area contributed by atoms with E-state index in [0.29, 0.717) is 12.6 Å². The molecular weight excluding hydrogens is 260 g/mol. The van der Waals surface area contributed by atoms with Gasteiger partial charge in [-0.05, 0) is 44.4 Å². The normalized spacial score (nSPS) is 14.7. The zero-order valence-electron chi connectivity index (χ0n) is 13.3. The maximum Gasteiger partial charge on any atom is 0.119 e. The molecule has 0 aromatic heterocycles. The summed E-state index contributed by atoms with van der Waals surface area (Å²) < 4.78 is 5.83. The zero-order valence-corrected chi connectivity index (χ0v) is 13.3. The molecule has 1 saturated carbocycles. The second kappa shape index (κ2) is 8.20. The van der Waals surface area contributed by atoms with Crippen LogP contribution in [0.2, 0.25) is 0 Å². The summed E-state index contributed by atoms with van der Waals surface area (Å²) in [4.78, 5) is 2.35. The summed E-state index contributed by atoms with van der Waals surface area (Å²) in [6.45, 7) is 11.7. The van der Waals surface area contributed by atoms with E-state index in [4.69, 9.17) is 4.74 Å². The van der Waals surface area contributed by atoms with Crippen molar-refractivity contribution in [1.82, 2.24) is 10.2 Å². The highest BCUT2D eigenvalue weighted by Crippen LogP contribution is 2.20. The summed E-state index contributed by atoms with van der Waals surface area (Å²) in [5.74, 6) is 0.951. The highest BCUT2D eigenvalue weighted by atomic mass is 16.5. The molecule has 0 spiro atoms. The molecule has 1 aromatic carbocycles. The number of nitrogens with zero attached hydrogens (tertiary/aromatic N) is 1. The van der Waals surface area contributed by atoms with Gasteiger partial charge in [-0.25, -0.2) is 0 Å². The fourth-order valence-electron chi connectivity index (χ4n) is 2.26. The molecule has 0 bridgehead atoms. The Morgan fingerprint density at radius 3 is 2.62 bits per heavy atom. The van der Waals surface area contributed by atoms with Crippen molar-refractivity contribution in [2.45, 2.75) is 45.3 Å². The summed E-state index contributed by atoms with van der Waals surface area (Å²) in [7, 11) is 0. The number of ether oxygens (including phenoxy) is 1. The third-order valence-electron chi connectivity index (χ3n) is 3.84. The second-order valence-corrected chi connectivity index (χ2v) is 6.02. The van der Waals surface area contributed by atoms with Gasteiger partial charge in [0.15, 0.2) is 0 Å². The fourth-order valence-corrected chi connectivity index (χ4v) is 2.26. The molecule has 1 fully saturated rings. The Balaban J connectivity index is 1.70. The van der Waals surface area contributed by atoms with Crippen molar-refractivity contribution < 1.29 is 4.74 Å². The monoisotopic (exact) mass is 288 g/mol. The largest absolute Gasteiger partial charge is 0.492 e. The molecule has 0 saturated heterocycles. The molecule has 1 N–H and O–H groups in total. The van der Waals surface area contributed by atoms with E-state index < -0.39 is 0 Å². The smallest absolute Gasteiger partial charge is 0.119 e. The van der Waals surface area contributed by atoms with E-state index >= 15 is 0 Å². The highest BCUT2D eigenvalue weighted by molar-refractivity contribution is 5.27. The third-order valence-corrected chi connectivity index (χ3v) is 3.84. The third kappa shape index (κ3) is 5.90. The first-order valence-electron chi connectivity index (χ1n) is 7.99. The van der Waals surface area contributed by atoms with Gasteiger partial charge in [0.1, 0.15) is 12.4 Å². The van der Waals surface area contributed by atoms with Gasteiger partial charge < -0.3 is 10.1 Å². The first kappa shape index (κ1) is 16.1. The number of rotatable bonds is 10. The minimum atomic E-state index is 0.516. The fraction of sp³-hybridized carbons (Fsp3) is 0.556. The topological polar surface area (TPSA) is 24.5 Å². The molecule has 1 aliphatic carbocycles. The number of nitrogens with one attached hydrogen (secondary N) is 1. The lowest BCUT2D eigenvalue weighted by Crippen LogP contribution is -2.34. The molecule has 0 aliphatic heterocycles. The molecule has 0 unspecified atom stereocenters. The summed E-state index contributed by atoms with van der Waals surface area (Å²) in [5, 5.41) is 3.52. The Bertz CT molecular complexity index is 423. The van der Waals surface area contributed by atoms with Crippen molar-refractivity contribution in [2.75, 3.05) is 19.7 Å². The van der Waals surface area contributed by atoms with E-state index in [2.05, 4.69) is 54.9 Å². The maximum absolute atomic E-state index is 5.83. The minimum absolute atomic E-state index is 0.516. The molecule has 1 aromatic rings. The lowest BCUT2D eigenvalue weighted by molar-refractivity contribution is 0.191. The van der Waals surface area contributed by atoms with Crippen molar-refractivity contribution in [3.63, 3.8) is 0 Å². The van der Waals surface area contributed by atoms with Crippen molar-refractivity contribution >= 4 is 0 Å². The average Bonchev–Trinajstić information content (AvgIpc) is 3.29. The molecule has 116 valence electrons. The van der Waals surface area contributed by atoms with E-state index in [1.165, 1.54) is 18.4 Å². The average molecular weight is 288 g/mol. The van der Waals surface area contributed by atoms with Crippen LogP contribution in [0.1, 0.15) is 32.3 Å². The van der Waals surface area contributed by atoms with Crippen LogP contribution in [0.4, 0.5) is 0 Å². The molecule has 1 aliphatic rings. The minimum Gasteiger partial charge on any atom is -0.492 e. The number of hydrogen-bond acceptors (Lipinski definition) is 3. The molecular formula is C18H28N2O. The summed E-state index contributed by atoms with van der Waals surface area (Å²) in [6, 6.07) is 9.70. The van der Waals surface area contributed by atoms with Crippen LogP contribution in [-0.2, 0) is 6.54 Å². The molecule has 3 nitrogen and oxygen atoms in total. The van der Waals surface area contributed by atoms with Gasteiger partial charge in [0.05, 0.1) is 0 Å². The molecule has 0 atom stereocenters.